The monoisotopic (exact) mass is 406 g/mol. The molecule has 0 fully saturated rings. The third-order valence-electron chi connectivity index (χ3n) is 4.17. The molecule has 0 unspecified atom stereocenters. The van der Waals surface area contributed by atoms with Crippen molar-refractivity contribution in [3.05, 3.63) is 70.2 Å². The van der Waals surface area contributed by atoms with Crippen LogP contribution in [0, 0.1) is 6.92 Å². The summed E-state index contributed by atoms with van der Waals surface area (Å²) in [6.45, 7) is 2.36. The van der Waals surface area contributed by atoms with Gasteiger partial charge < -0.3 is 10.1 Å². The Kier molecular flexibility index (Phi) is 5.30. The maximum atomic E-state index is 12.6. The Hall–Kier alpha value is -3.59. The maximum Gasteiger partial charge on any atom is 0.255 e. The van der Waals surface area contributed by atoms with E-state index in [1.54, 1.807) is 47.3 Å². The second-order valence-electron chi connectivity index (χ2n) is 6.33. The average molecular weight is 406 g/mol. The van der Waals surface area contributed by atoms with Crippen molar-refractivity contribution in [3.8, 4) is 17.1 Å². The quantitative estimate of drug-likeness (QED) is 0.527. The fraction of sp³-hybridized carbons (Fsp3) is 0.150. The molecule has 0 aliphatic rings. The summed E-state index contributed by atoms with van der Waals surface area (Å²) in [5.41, 5.74) is 2.91. The molecule has 0 bridgehead atoms. The number of rotatable bonds is 6. The van der Waals surface area contributed by atoms with Gasteiger partial charge in [-0.05, 0) is 53.7 Å². The molecule has 146 valence electrons. The smallest absolute Gasteiger partial charge is 0.255 e. The van der Waals surface area contributed by atoms with Crippen molar-refractivity contribution in [1.29, 1.82) is 0 Å². The van der Waals surface area contributed by atoms with Crippen molar-refractivity contribution in [1.82, 2.24) is 25.2 Å². The number of tetrazole rings is 1. The lowest BCUT2D eigenvalue weighted by molar-refractivity contribution is 0.102. The van der Waals surface area contributed by atoms with Gasteiger partial charge in [0.05, 0.1) is 10.7 Å². The molecular formula is C20H18N6O2S. The molecule has 9 heteroatoms. The molecular weight excluding hydrogens is 388 g/mol. The highest BCUT2D eigenvalue weighted by molar-refractivity contribution is 7.09. The molecule has 2 aromatic carbocycles. The number of anilines is 1. The van der Waals surface area contributed by atoms with Crippen LogP contribution in [0.4, 0.5) is 5.69 Å². The summed E-state index contributed by atoms with van der Waals surface area (Å²) in [6, 6.07) is 14.4. The Balaban J connectivity index is 1.40. The summed E-state index contributed by atoms with van der Waals surface area (Å²) >= 11 is 1.59. The number of hydrogen-bond acceptors (Lipinski definition) is 7. The zero-order valence-electron chi connectivity index (χ0n) is 15.9. The van der Waals surface area contributed by atoms with E-state index in [0.29, 0.717) is 29.4 Å². The minimum absolute atomic E-state index is 0.208. The number of benzene rings is 2. The molecule has 2 heterocycles. The van der Waals surface area contributed by atoms with E-state index in [1.807, 2.05) is 36.6 Å². The predicted molar refractivity (Wildman–Crippen MR) is 110 cm³/mol. The molecule has 0 atom stereocenters. The lowest BCUT2D eigenvalue weighted by Crippen LogP contribution is -2.11. The van der Waals surface area contributed by atoms with Gasteiger partial charge in [-0.2, -0.15) is 0 Å². The number of nitrogens with one attached hydrogen (secondary N) is 1. The zero-order valence-corrected chi connectivity index (χ0v) is 16.7. The van der Waals surface area contributed by atoms with Crippen molar-refractivity contribution in [2.45, 2.75) is 13.5 Å². The van der Waals surface area contributed by atoms with Crippen LogP contribution < -0.4 is 10.1 Å². The van der Waals surface area contributed by atoms with E-state index in [9.17, 15) is 4.79 Å². The van der Waals surface area contributed by atoms with E-state index in [0.717, 1.165) is 16.3 Å². The Bertz CT molecular complexity index is 1140. The van der Waals surface area contributed by atoms with Crippen molar-refractivity contribution in [2.75, 3.05) is 5.32 Å². The molecule has 29 heavy (non-hydrogen) atoms. The van der Waals surface area contributed by atoms with E-state index in [-0.39, 0.29) is 5.91 Å². The summed E-state index contributed by atoms with van der Waals surface area (Å²) in [4.78, 5) is 16.9. The van der Waals surface area contributed by atoms with Gasteiger partial charge in [-0.3, -0.25) is 4.79 Å². The van der Waals surface area contributed by atoms with Gasteiger partial charge in [0.25, 0.3) is 5.91 Å². The van der Waals surface area contributed by atoms with Gasteiger partial charge in [0.1, 0.15) is 12.4 Å². The number of thiazole rings is 1. The van der Waals surface area contributed by atoms with Crippen LogP contribution in [0.15, 0.2) is 53.9 Å². The first kappa shape index (κ1) is 18.8. The Morgan fingerprint density at radius 3 is 2.72 bits per heavy atom. The number of nitrogens with zero attached hydrogens (tertiary/aromatic N) is 5. The average Bonchev–Trinajstić information content (AvgIpc) is 3.35. The molecule has 0 radical (unpaired) electrons. The lowest BCUT2D eigenvalue weighted by Gasteiger charge is -2.08. The number of aromatic nitrogens is 5. The van der Waals surface area contributed by atoms with Crippen LogP contribution in [0.5, 0.6) is 5.75 Å². The predicted octanol–water partition coefficient (Wildman–Crippen LogP) is 3.47. The summed E-state index contributed by atoms with van der Waals surface area (Å²) in [6.07, 6.45) is 0. The first-order valence-corrected chi connectivity index (χ1v) is 9.74. The minimum atomic E-state index is -0.208. The standard InChI is InChI=1S/C20H18N6O2S/c1-13-21-17(12-29-13)11-28-18-8-6-14(7-9-18)20(27)22-16-5-3-4-15(10-16)19-23-24-25-26(19)2/h3-10,12H,11H2,1-2H3,(H,22,27). The van der Waals surface area contributed by atoms with Crippen molar-refractivity contribution in [2.24, 2.45) is 7.05 Å². The normalized spacial score (nSPS) is 10.7. The van der Waals surface area contributed by atoms with Gasteiger partial charge in [0.2, 0.25) is 0 Å². The number of aryl methyl sites for hydroxylation is 2. The largest absolute Gasteiger partial charge is 0.487 e. The highest BCUT2D eigenvalue weighted by Crippen LogP contribution is 2.21. The second kappa shape index (κ2) is 8.19. The van der Waals surface area contributed by atoms with Crippen LogP contribution in [0.1, 0.15) is 21.1 Å². The number of carbonyl (C=O) groups excluding carboxylic acids is 1. The molecule has 0 spiro atoms. The van der Waals surface area contributed by atoms with Gasteiger partial charge in [-0.25, -0.2) is 9.67 Å². The van der Waals surface area contributed by atoms with Crippen LogP contribution in [0.2, 0.25) is 0 Å². The SMILES string of the molecule is Cc1nc(COc2ccc(C(=O)Nc3cccc(-c4nnnn4C)c3)cc2)cs1. The molecule has 8 nitrogen and oxygen atoms in total. The van der Waals surface area contributed by atoms with Gasteiger partial charge in [-0.15, -0.1) is 16.4 Å². The molecule has 0 aliphatic heterocycles. The van der Waals surface area contributed by atoms with Gasteiger partial charge in [0, 0.05) is 29.2 Å². The van der Waals surface area contributed by atoms with E-state index >= 15 is 0 Å². The van der Waals surface area contributed by atoms with Crippen LogP contribution in [0.25, 0.3) is 11.4 Å². The Morgan fingerprint density at radius 2 is 2.03 bits per heavy atom. The summed E-state index contributed by atoms with van der Waals surface area (Å²) in [5.74, 6) is 1.10. The third-order valence-corrected chi connectivity index (χ3v) is 4.99. The van der Waals surface area contributed by atoms with Crippen molar-refractivity contribution >= 4 is 22.9 Å². The molecule has 0 aliphatic carbocycles. The first-order valence-electron chi connectivity index (χ1n) is 8.86. The van der Waals surface area contributed by atoms with Crippen molar-refractivity contribution in [3.63, 3.8) is 0 Å². The molecule has 0 saturated heterocycles. The number of amides is 1. The lowest BCUT2D eigenvalue weighted by atomic mass is 10.1. The van der Waals surface area contributed by atoms with Crippen LogP contribution in [-0.2, 0) is 13.7 Å². The topological polar surface area (TPSA) is 94.8 Å². The molecule has 2 aromatic heterocycles. The second-order valence-corrected chi connectivity index (χ2v) is 7.39. The Morgan fingerprint density at radius 1 is 1.21 bits per heavy atom. The molecule has 4 rings (SSSR count). The summed E-state index contributed by atoms with van der Waals surface area (Å²) < 4.78 is 7.29. The molecule has 4 aromatic rings. The summed E-state index contributed by atoms with van der Waals surface area (Å²) in [7, 11) is 1.76. The van der Waals surface area contributed by atoms with Crippen molar-refractivity contribution < 1.29 is 9.53 Å². The maximum absolute atomic E-state index is 12.6. The molecule has 0 saturated carbocycles. The van der Waals surface area contributed by atoms with Gasteiger partial charge in [-0.1, -0.05) is 12.1 Å². The van der Waals surface area contributed by atoms with Gasteiger partial charge >= 0.3 is 0 Å². The van der Waals surface area contributed by atoms with Crippen LogP contribution in [-0.4, -0.2) is 31.1 Å². The third kappa shape index (κ3) is 4.46. The van der Waals surface area contributed by atoms with E-state index in [1.165, 1.54) is 0 Å². The fourth-order valence-electron chi connectivity index (χ4n) is 2.75. The highest BCUT2D eigenvalue weighted by atomic mass is 32.1. The van der Waals surface area contributed by atoms with E-state index < -0.39 is 0 Å². The molecule has 1 N–H and O–H groups in total. The number of carbonyl (C=O) groups is 1. The van der Waals surface area contributed by atoms with Gasteiger partial charge in [0.15, 0.2) is 5.82 Å². The summed E-state index contributed by atoms with van der Waals surface area (Å²) in [5, 5.41) is 17.3. The molecule has 1 amide bonds. The van der Waals surface area contributed by atoms with Crippen LogP contribution in [0.3, 0.4) is 0 Å². The van der Waals surface area contributed by atoms with E-state index in [2.05, 4.69) is 25.8 Å². The minimum Gasteiger partial charge on any atom is -0.487 e. The first-order chi connectivity index (χ1) is 14.1. The number of hydrogen-bond donors (Lipinski definition) is 1. The highest BCUT2D eigenvalue weighted by Gasteiger charge is 2.10. The van der Waals surface area contributed by atoms with E-state index in [4.69, 9.17) is 4.74 Å². The zero-order chi connectivity index (χ0) is 20.2. The van der Waals surface area contributed by atoms with Crippen LogP contribution >= 0.6 is 11.3 Å². The Labute approximate surface area is 171 Å². The number of ether oxygens (including phenoxy) is 1. The fourth-order valence-corrected chi connectivity index (χ4v) is 3.34.